The number of esters is 1. The Morgan fingerprint density at radius 3 is 2.96 bits per heavy atom. The monoisotopic (exact) mass is 346 g/mol. The molecule has 0 saturated carbocycles. The van der Waals surface area contributed by atoms with Crippen LogP contribution in [0.3, 0.4) is 0 Å². The Bertz CT molecular complexity index is 854. The Morgan fingerprint density at radius 2 is 2.20 bits per heavy atom. The Morgan fingerprint density at radius 1 is 1.40 bits per heavy atom. The van der Waals surface area contributed by atoms with Crippen LogP contribution in [-0.2, 0) is 20.9 Å². The molecule has 1 unspecified atom stereocenters. The highest BCUT2D eigenvalue weighted by Crippen LogP contribution is 2.18. The van der Waals surface area contributed by atoms with E-state index in [0.29, 0.717) is 25.4 Å². The Labute approximate surface area is 145 Å². The molecule has 25 heavy (non-hydrogen) atoms. The predicted octanol–water partition coefficient (Wildman–Crippen LogP) is 0.606. The zero-order chi connectivity index (χ0) is 18.0. The molecule has 0 aliphatic carbocycles. The summed E-state index contributed by atoms with van der Waals surface area (Å²) < 4.78 is 7.71. The normalized spacial score (nSPS) is 17.7. The van der Waals surface area contributed by atoms with Gasteiger partial charge in [-0.3, -0.25) is 14.0 Å². The highest BCUT2D eigenvalue weighted by Gasteiger charge is 2.29. The maximum Gasteiger partial charge on any atom is 0.349 e. The van der Waals surface area contributed by atoms with Crippen LogP contribution in [-0.4, -0.2) is 50.7 Å². The SMILES string of the molecule is CCOC(=O)C1CCCN(C(=O)Cn2nc(C)c3cccn3c2=O)C1. The maximum atomic E-state index is 12.6. The van der Waals surface area contributed by atoms with Crippen molar-refractivity contribution in [1.82, 2.24) is 19.1 Å². The van der Waals surface area contributed by atoms with E-state index >= 15 is 0 Å². The molecule has 8 heteroatoms. The number of aryl methyl sites for hydroxylation is 1. The molecule has 0 bridgehead atoms. The minimum absolute atomic E-state index is 0.136. The number of nitrogens with zero attached hydrogens (tertiary/aromatic N) is 4. The van der Waals surface area contributed by atoms with Gasteiger partial charge in [0.05, 0.1) is 23.7 Å². The van der Waals surface area contributed by atoms with Crippen LogP contribution >= 0.6 is 0 Å². The molecule has 3 heterocycles. The van der Waals surface area contributed by atoms with E-state index in [1.807, 2.05) is 6.07 Å². The molecule has 1 fully saturated rings. The number of hydrogen-bond donors (Lipinski definition) is 0. The predicted molar refractivity (Wildman–Crippen MR) is 90.1 cm³/mol. The number of aromatic nitrogens is 3. The molecule has 134 valence electrons. The molecule has 8 nitrogen and oxygen atoms in total. The van der Waals surface area contributed by atoms with Crippen molar-refractivity contribution in [2.45, 2.75) is 33.2 Å². The van der Waals surface area contributed by atoms with Crippen LogP contribution in [0, 0.1) is 12.8 Å². The van der Waals surface area contributed by atoms with Crippen molar-refractivity contribution in [1.29, 1.82) is 0 Å². The summed E-state index contributed by atoms with van der Waals surface area (Å²) in [5, 5.41) is 4.24. The summed E-state index contributed by atoms with van der Waals surface area (Å²) in [6.45, 7) is 4.67. The van der Waals surface area contributed by atoms with Crippen LogP contribution < -0.4 is 5.69 Å². The van der Waals surface area contributed by atoms with Gasteiger partial charge in [0.1, 0.15) is 6.54 Å². The Balaban J connectivity index is 1.75. The Kier molecular flexibility index (Phi) is 4.87. The molecule has 0 spiro atoms. The molecule has 1 saturated heterocycles. The lowest BCUT2D eigenvalue weighted by Gasteiger charge is -2.31. The number of ether oxygens (including phenoxy) is 1. The largest absolute Gasteiger partial charge is 0.466 e. The molecule has 0 radical (unpaired) electrons. The molecule has 2 aromatic rings. The first kappa shape index (κ1) is 17.2. The summed E-state index contributed by atoms with van der Waals surface area (Å²) in [5.41, 5.74) is 1.06. The van der Waals surface area contributed by atoms with Crippen molar-refractivity contribution in [2.24, 2.45) is 5.92 Å². The van der Waals surface area contributed by atoms with Crippen molar-refractivity contribution < 1.29 is 14.3 Å². The highest BCUT2D eigenvalue weighted by atomic mass is 16.5. The lowest BCUT2D eigenvalue weighted by Crippen LogP contribution is -2.45. The number of carbonyl (C=O) groups excluding carboxylic acids is 2. The van der Waals surface area contributed by atoms with Gasteiger partial charge in [-0.25, -0.2) is 9.48 Å². The van der Waals surface area contributed by atoms with Crippen LogP contribution in [0.5, 0.6) is 0 Å². The van der Waals surface area contributed by atoms with Gasteiger partial charge in [-0.2, -0.15) is 5.10 Å². The number of piperidine rings is 1. The third-order valence-corrected chi connectivity index (χ3v) is 4.50. The molecule has 1 aliphatic heterocycles. The minimum atomic E-state index is -0.349. The smallest absolute Gasteiger partial charge is 0.349 e. The summed E-state index contributed by atoms with van der Waals surface area (Å²) in [7, 11) is 0. The molecule has 3 rings (SSSR count). The fraction of sp³-hybridized carbons (Fsp3) is 0.529. The lowest BCUT2D eigenvalue weighted by atomic mass is 9.98. The van der Waals surface area contributed by atoms with Crippen LogP contribution in [0.1, 0.15) is 25.5 Å². The second-order valence-electron chi connectivity index (χ2n) is 6.22. The fourth-order valence-corrected chi connectivity index (χ4v) is 3.23. The van der Waals surface area contributed by atoms with Gasteiger partial charge in [0.25, 0.3) is 0 Å². The number of fused-ring (bicyclic) bond motifs is 1. The number of hydrogen-bond acceptors (Lipinski definition) is 5. The van der Waals surface area contributed by atoms with E-state index in [-0.39, 0.29) is 30.0 Å². The van der Waals surface area contributed by atoms with Crippen LogP contribution in [0.15, 0.2) is 23.1 Å². The number of amides is 1. The van der Waals surface area contributed by atoms with Crippen LogP contribution in [0.2, 0.25) is 0 Å². The topological polar surface area (TPSA) is 85.9 Å². The number of carbonyl (C=O) groups is 2. The van der Waals surface area contributed by atoms with E-state index in [2.05, 4.69) is 5.10 Å². The van der Waals surface area contributed by atoms with Gasteiger partial charge in [-0.05, 0) is 38.8 Å². The number of rotatable bonds is 4. The second kappa shape index (κ2) is 7.08. The summed E-state index contributed by atoms with van der Waals surface area (Å²) in [5.74, 6) is -0.773. The molecular weight excluding hydrogens is 324 g/mol. The first-order valence-corrected chi connectivity index (χ1v) is 8.50. The summed E-state index contributed by atoms with van der Waals surface area (Å²) in [4.78, 5) is 38.6. The quantitative estimate of drug-likeness (QED) is 0.757. The van der Waals surface area contributed by atoms with Crippen LogP contribution in [0.25, 0.3) is 5.52 Å². The highest BCUT2D eigenvalue weighted by molar-refractivity contribution is 5.78. The van der Waals surface area contributed by atoms with Gasteiger partial charge < -0.3 is 9.64 Å². The second-order valence-corrected chi connectivity index (χ2v) is 6.22. The van der Waals surface area contributed by atoms with Crippen molar-refractivity contribution in [3.05, 3.63) is 34.5 Å². The zero-order valence-electron chi connectivity index (χ0n) is 14.5. The van der Waals surface area contributed by atoms with Crippen molar-refractivity contribution >= 4 is 17.4 Å². The van der Waals surface area contributed by atoms with Crippen molar-refractivity contribution in [2.75, 3.05) is 19.7 Å². The van der Waals surface area contributed by atoms with Crippen LogP contribution in [0.4, 0.5) is 0 Å². The zero-order valence-corrected chi connectivity index (χ0v) is 14.5. The minimum Gasteiger partial charge on any atom is -0.466 e. The number of likely N-dealkylation sites (tertiary alicyclic amines) is 1. The average Bonchev–Trinajstić information content (AvgIpc) is 3.10. The molecule has 2 aromatic heterocycles. The molecule has 1 atom stereocenters. The molecule has 0 N–H and O–H groups in total. The lowest BCUT2D eigenvalue weighted by molar-refractivity contribution is -0.151. The molecule has 1 amide bonds. The van der Waals surface area contributed by atoms with E-state index < -0.39 is 0 Å². The van der Waals surface area contributed by atoms with E-state index in [1.54, 1.807) is 31.0 Å². The van der Waals surface area contributed by atoms with E-state index in [4.69, 9.17) is 4.74 Å². The van der Waals surface area contributed by atoms with Crippen molar-refractivity contribution in [3.8, 4) is 0 Å². The van der Waals surface area contributed by atoms with E-state index in [0.717, 1.165) is 18.4 Å². The third kappa shape index (κ3) is 3.42. The van der Waals surface area contributed by atoms with Gasteiger partial charge in [0, 0.05) is 19.3 Å². The van der Waals surface area contributed by atoms with E-state index in [1.165, 1.54) is 9.08 Å². The van der Waals surface area contributed by atoms with Gasteiger partial charge in [0.2, 0.25) is 5.91 Å². The third-order valence-electron chi connectivity index (χ3n) is 4.50. The van der Waals surface area contributed by atoms with Crippen molar-refractivity contribution in [3.63, 3.8) is 0 Å². The first-order valence-electron chi connectivity index (χ1n) is 8.50. The van der Waals surface area contributed by atoms with Gasteiger partial charge in [-0.15, -0.1) is 0 Å². The van der Waals surface area contributed by atoms with Gasteiger partial charge >= 0.3 is 11.7 Å². The summed E-state index contributed by atoms with van der Waals surface area (Å²) in [6, 6.07) is 3.58. The average molecular weight is 346 g/mol. The van der Waals surface area contributed by atoms with Gasteiger partial charge in [-0.1, -0.05) is 0 Å². The Hall–Kier alpha value is -2.64. The van der Waals surface area contributed by atoms with E-state index in [9.17, 15) is 14.4 Å². The van der Waals surface area contributed by atoms with Gasteiger partial charge in [0.15, 0.2) is 0 Å². The summed E-state index contributed by atoms with van der Waals surface area (Å²) >= 11 is 0. The molecule has 0 aromatic carbocycles. The molecular formula is C17H22N4O4. The standard InChI is InChI=1S/C17H22N4O4/c1-3-25-16(23)13-6-4-8-19(10-13)15(22)11-21-17(24)20-9-5-7-14(20)12(2)18-21/h5,7,9,13H,3-4,6,8,10-11H2,1-2H3. The summed E-state index contributed by atoms with van der Waals surface area (Å²) in [6.07, 6.45) is 3.12. The fourth-order valence-electron chi connectivity index (χ4n) is 3.23. The maximum absolute atomic E-state index is 12.6. The molecule has 1 aliphatic rings. The first-order chi connectivity index (χ1) is 12.0.